The van der Waals surface area contributed by atoms with Crippen molar-refractivity contribution >= 4 is 28.8 Å². The Morgan fingerprint density at radius 1 is 1.24 bits per heavy atom. The summed E-state index contributed by atoms with van der Waals surface area (Å²) < 4.78 is 26.6. The summed E-state index contributed by atoms with van der Waals surface area (Å²) in [4.78, 5) is 15.6. The number of hydrogen-bond acceptors (Lipinski definition) is 6. The van der Waals surface area contributed by atoms with Crippen LogP contribution in [0.4, 0.5) is 15.9 Å². The highest BCUT2D eigenvalue weighted by atomic mass is 19.1. The number of carbonyl (C=O) groups excluding carboxylic acids is 1. The van der Waals surface area contributed by atoms with Crippen LogP contribution < -0.4 is 9.80 Å². The number of nitrogens with zero attached hydrogens (tertiary/aromatic N) is 3. The van der Waals surface area contributed by atoms with E-state index in [4.69, 9.17) is 9.26 Å². The van der Waals surface area contributed by atoms with Crippen LogP contribution in [0.15, 0.2) is 40.9 Å². The Labute approximate surface area is 168 Å². The van der Waals surface area contributed by atoms with Crippen LogP contribution in [0, 0.1) is 5.82 Å². The molecule has 1 aromatic heterocycles. The van der Waals surface area contributed by atoms with Gasteiger partial charge in [0.15, 0.2) is 17.9 Å². The highest BCUT2D eigenvalue weighted by Crippen LogP contribution is 2.36. The van der Waals surface area contributed by atoms with E-state index in [0.29, 0.717) is 37.1 Å². The molecule has 0 N–H and O–H groups in total. The third kappa shape index (κ3) is 3.70. The second kappa shape index (κ2) is 7.83. The molecule has 7 heteroatoms. The SMILES string of the molecule is C[C@@H]1CN(c2c(C=O)cc3c(N(C)Cc4ccccc4)noc3c2F)C[C@H](C)O1. The molecule has 1 aliphatic heterocycles. The number of morpholine rings is 1. The monoisotopic (exact) mass is 397 g/mol. The molecule has 6 nitrogen and oxygen atoms in total. The quantitative estimate of drug-likeness (QED) is 0.606. The summed E-state index contributed by atoms with van der Waals surface area (Å²) >= 11 is 0. The van der Waals surface area contributed by atoms with Gasteiger partial charge in [0.25, 0.3) is 0 Å². The Morgan fingerprint density at radius 2 is 1.93 bits per heavy atom. The second-order valence-corrected chi connectivity index (χ2v) is 7.63. The summed E-state index contributed by atoms with van der Waals surface area (Å²) in [5, 5.41) is 4.58. The van der Waals surface area contributed by atoms with Crippen molar-refractivity contribution in [3.8, 4) is 0 Å². The van der Waals surface area contributed by atoms with Gasteiger partial charge in [0, 0.05) is 32.2 Å². The third-order valence-corrected chi connectivity index (χ3v) is 5.18. The van der Waals surface area contributed by atoms with E-state index in [9.17, 15) is 4.79 Å². The fourth-order valence-corrected chi connectivity index (χ4v) is 4.01. The number of fused-ring (bicyclic) bond motifs is 1. The molecule has 2 heterocycles. The molecule has 1 fully saturated rings. The highest BCUT2D eigenvalue weighted by Gasteiger charge is 2.29. The first-order valence-electron chi connectivity index (χ1n) is 9.70. The summed E-state index contributed by atoms with van der Waals surface area (Å²) in [5.74, 6) is -0.0566. The van der Waals surface area contributed by atoms with Gasteiger partial charge in [-0.15, -0.1) is 0 Å². The number of carbonyl (C=O) groups is 1. The van der Waals surface area contributed by atoms with Gasteiger partial charge in [-0.05, 0) is 25.5 Å². The zero-order valence-corrected chi connectivity index (χ0v) is 16.8. The predicted octanol–water partition coefficient (Wildman–Crippen LogP) is 4.03. The first kappa shape index (κ1) is 19.4. The van der Waals surface area contributed by atoms with Crippen LogP contribution >= 0.6 is 0 Å². The number of aromatic nitrogens is 1. The molecule has 0 radical (unpaired) electrons. The molecule has 3 aromatic rings. The maximum Gasteiger partial charge on any atom is 0.206 e. The predicted molar refractivity (Wildman–Crippen MR) is 110 cm³/mol. The molecular formula is C22H24FN3O3. The van der Waals surface area contributed by atoms with E-state index in [0.717, 1.165) is 5.56 Å². The molecule has 4 rings (SSSR count). The smallest absolute Gasteiger partial charge is 0.206 e. The van der Waals surface area contributed by atoms with Gasteiger partial charge < -0.3 is 19.1 Å². The number of ether oxygens (including phenoxy) is 1. The van der Waals surface area contributed by atoms with E-state index in [1.54, 1.807) is 6.07 Å². The van der Waals surface area contributed by atoms with Crippen LogP contribution in [-0.2, 0) is 11.3 Å². The molecule has 0 aliphatic carbocycles. The van der Waals surface area contributed by atoms with E-state index in [1.807, 2.05) is 61.0 Å². The number of rotatable bonds is 5. The fraction of sp³-hybridized carbons (Fsp3) is 0.364. The maximum atomic E-state index is 15.5. The lowest BCUT2D eigenvalue weighted by atomic mass is 10.1. The van der Waals surface area contributed by atoms with E-state index >= 15 is 4.39 Å². The number of aldehydes is 1. The van der Waals surface area contributed by atoms with Crippen molar-refractivity contribution in [3.63, 3.8) is 0 Å². The Bertz CT molecular complexity index is 1010. The lowest BCUT2D eigenvalue weighted by Gasteiger charge is -2.37. The molecule has 0 saturated carbocycles. The first-order chi connectivity index (χ1) is 14.0. The van der Waals surface area contributed by atoms with Gasteiger partial charge in [0.05, 0.1) is 23.3 Å². The number of halogens is 1. The van der Waals surface area contributed by atoms with E-state index < -0.39 is 5.82 Å². The summed E-state index contributed by atoms with van der Waals surface area (Å²) in [6, 6.07) is 11.6. The molecule has 1 aliphatic rings. The molecule has 1 saturated heterocycles. The highest BCUT2D eigenvalue weighted by molar-refractivity contribution is 5.99. The summed E-state index contributed by atoms with van der Waals surface area (Å²) in [6.45, 7) is 5.46. The van der Waals surface area contributed by atoms with Crippen molar-refractivity contribution in [2.24, 2.45) is 0 Å². The van der Waals surface area contributed by atoms with Crippen LogP contribution in [-0.4, -0.2) is 43.8 Å². The minimum absolute atomic E-state index is 0.0596. The van der Waals surface area contributed by atoms with Crippen LogP contribution in [0.3, 0.4) is 0 Å². The molecule has 2 aromatic carbocycles. The number of hydrogen-bond donors (Lipinski definition) is 0. The van der Waals surface area contributed by atoms with Gasteiger partial charge in [0.2, 0.25) is 5.58 Å². The van der Waals surface area contributed by atoms with E-state index in [2.05, 4.69) is 5.16 Å². The largest absolute Gasteiger partial charge is 0.372 e. The standard InChI is InChI=1S/C22H24FN3O3/c1-14-10-26(11-15(2)28-14)20-17(13-27)9-18-21(19(20)23)29-24-22(18)25(3)12-16-7-5-4-6-8-16/h4-9,13-15H,10-12H2,1-3H3/t14-,15+. The van der Waals surface area contributed by atoms with Crippen molar-refractivity contribution in [1.29, 1.82) is 0 Å². The van der Waals surface area contributed by atoms with Crippen LogP contribution in [0.5, 0.6) is 0 Å². The average Bonchev–Trinajstić information content (AvgIpc) is 3.12. The lowest BCUT2D eigenvalue weighted by molar-refractivity contribution is -0.00543. The molecule has 29 heavy (non-hydrogen) atoms. The van der Waals surface area contributed by atoms with Gasteiger partial charge in [-0.2, -0.15) is 0 Å². The molecule has 0 unspecified atom stereocenters. The number of benzene rings is 2. The summed E-state index contributed by atoms with van der Waals surface area (Å²) in [5.41, 5.74) is 1.69. The van der Waals surface area contributed by atoms with Crippen LogP contribution in [0.1, 0.15) is 29.8 Å². The Hall–Kier alpha value is -2.93. The van der Waals surface area contributed by atoms with Gasteiger partial charge in [-0.25, -0.2) is 4.39 Å². The Morgan fingerprint density at radius 3 is 2.59 bits per heavy atom. The summed E-state index contributed by atoms with van der Waals surface area (Å²) in [7, 11) is 1.86. The lowest BCUT2D eigenvalue weighted by Crippen LogP contribution is -2.46. The van der Waals surface area contributed by atoms with E-state index in [1.165, 1.54) is 0 Å². The zero-order chi connectivity index (χ0) is 20.5. The van der Waals surface area contributed by atoms with Crippen molar-refractivity contribution in [3.05, 3.63) is 53.3 Å². The second-order valence-electron chi connectivity index (χ2n) is 7.63. The molecule has 0 bridgehead atoms. The molecule has 152 valence electrons. The Kier molecular flexibility index (Phi) is 5.24. The first-order valence-corrected chi connectivity index (χ1v) is 9.70. The summed E-state index contributed by atoms with van der Waals surface area (Å²) in [6.07, 6.45) is 0.572. The van der Waals surface area contributed by atoms with Gasteiger partial charge >= 0.3 is 0 Å². The van der Waals surface area contributed by atoms with Crippen molar-refractivity contribution < 1.29 is 18.4 Å². The number of anilines is 2. The topological polar surface area (TPSA) is 58.8 Å². The average molecular weight is 397 g/mol. The van der Waals surface area contributed by atoms with Gasteiger partial charge in [-0.3, -0.25) is 4.79 Å². The molecule has 0 spiro atoms. The van der Waals surface area contributed by atoms with E-state index in [-0.39, 0.29) is 29.0 Å². The van der Waals surface area contributed by atoms with Crippen molar-refractivity contribution in [2.75, 3.05) is 29.9 Å². The van der Waals surface area contributed by atoms with Crippen molar-refractivity contribution in [2.45, 2.75) is 32.6 Å². The fourth-order valence-electron chi connectivity index (χ4n) is 4.01. The third-order valence-electron chi connectivity index (χ3n) is 5.18. The molecule has 0 amide bonds. The molecule has 2 atom stereocenters. The zero-order valence-electron chi connectivity index (χ0n) is 16.8. The minimum atomic E-state index is -0.558. The van der Waals surface area contributed by atoms with Gasteiger partial charge in [-0.1, -0.05) is 35.5 Å². The van der Waals surface area contributed by atoms with Crippen LogP contribution in [0.2, 0.25) is 0 Å². The van der Waals surface area contributed by atoms with Gasteiger partial charge in [0.1, 0.15) is 0 Å². The maximum absolute atomic E-state index is 15.5. The van der Waals surface area contributed by atoms with Crippen molar-refractivity contribution in [1.82, 2.24) is 5.16 Å². The van der Waals surface area contributed by atoms with Crippen LogP contribution in [0.25, 0.3) is 11.0 Å². The minimum Gasteiger partial charge on any atom is -0.372 e. The normalized spacial score (nSPS) is 19.5. The molecular weight excluding hydrogens is 373 g/mol. The Balaban J connectivity index is 1.74.